The molecule has 158 valence electrons. The van der Waals surface area contributed by atoms with Crippen molar-refractivity contribution in [1.29, 1.82) is 0 Å². The van der Waals surface area contributed by atoms with Crippen LogP contribution in [-0.4, -0.2) is 32.7 Å². The van der Waals surface area contributed by atoms with Crippen molar-refractivity contribution in [1.82, 2.24) is 9.88 Å². The smallest absolute Gasteiger partial charge is 0.290 e. The molecule has 0 radical (unpaired) electrons. The number of Topliss-reactive ketones (excluding diaryl/α,β-unsaturated/α-hetero) is 1. The van der Waals surface area contributed by atoms with Crippen molar-refractivity contribution in [3.05, 3.63) is 76.4 Å². The number of aliphatic hydroxyl groups is 1. The van der Waals surface area contributed by atoms with Crippen molar-refractivity contribution in [3.8, 4) is 10.6 Å². The number of hydrogen-bond donors (Lipinski definition) is 1. The van der Waals surface area contributed by atoms with Gasteiger partial charge >= 0.3 is 0 Å². The lowest BCUT2D eigenvalue weighted by Gasteiger charge is -2.30. The molecule has 0 spiro atoms. The number of carbonyl (C=O) groups excluding carboxylic acids is 2. The van der Waals surface area contributed by atoms with Crippen LogP contribution in [0.25, 0.3) is 10.6 Å². The molecular formula is C24H22N2O4S. The summed E-state index contributed by atoms with van der Waals surface area (Å²) in [5.74, 6) is -0.863. The van der Waals surface area contributed by atoms with E-state index in [0.717, 1.165) is 36.3 Å². The van der Waals surface area contributed by atoms with Gasteiger partial charge in [0.15, 0.2) is 5.76 Å². The molecular weight excluding hydrogens is 412 g/mol. The van der Waals surface area contributed by atoms with E-state index >= 15 is 0 Å². The normalized spacial score (nSPS) is 19.6. The first kappa shape index (κ1) is 19.8. The number of carbonyl (C=O) groups is 2. The number of rotatable bonds is 5. The van der Waals surface area contributed by atoms with E-state index in [0.29, 0.717) is 16.3 Å². The summed E-state index contributed by atoms with van der Waals surface area (Å²) >= 11 is 1.28. The van der Waals surface area contributed by atoms with Gasteiger partial charge in [-0.05, 0) is 31.9 Å². The molecule has 1 fully saturated rings. The molecule has 1 N–H and O–H groups in total. The van der Waals surface area contributed by atoms with Gasteiger partial charge in [0.2, 0.25) is 5.78 Å². The fraction of sp³-hybridized carbons (Fsp3) is 0.292. The lowest BCUT2D eigenvalue weighted by Crippen LogP contribution is -2.38. The number of benzene rings is 1. The molecule has 1 aromatic carbocycles. The highest BCUT2D eigenvalue weighted by Gasteiger charge is 2.48. The van der Waals surface area contributed by atoms with E-state index in [4.69, 9.17) is 4.42 Å². The summed E-state index contributed by atoms with van der Waals surface area (Å²) in [7, 11) is 0. The molecule has 2 aliphatic rings. The minimum absolute atomic E-state index is 0.0162. The molecule has 1 amide bonds. The van der Waals surface area contributed by atoms with Crippen molar-refractivity contribution < 1.29 is 19.1 Å². The number of furan rings is 1. The lowest BCUT2D eigenvalue weighted by atomic mass is 9.98. The maximum absolute atomic E-state index is 13.7. The first-order valence-corrected chi connectivity index (χ1v) is 11.2. The summed E-state index contributed by atoms with van der Waals surface area (Å²) in [6, 6.07) is 12.4. The number of aliphatic hydroxyl groups excluding tert-OH is 1. The van der Waals surface area contributed by atoms with Gasteiger partial charge in [0.25, 0.3) is 5.91 Å². The first-order valence-electron chi connectivity index (χ1n) is 10.4. The van der Waals surface area contributed by atoms with Crippen molar-refractivity contribution in [2.24, 2.45) is 0 Å². The van der Waals surface area contributed by atoms with E-state index in [9.17, 15) is 14.7 Å². The van der Waals surface area contributed by atoms with Crippen LogP contribution in [0.2, 0.25) is 0 Å². The van der Waals surface area contributed by atoms with Gasteiger partial charge in [-0.15, -0.1) is 11.3 Å². The number of nitrogens with zero attached hydrogens (tertiary/aromatic N) is 2. The highest BCUT2D eigenvalue weighted by molar-refractivity contribution is 7.17. The number of aromatic nitrogens is 1. The average Bonchev–Trinajstić information content (AvgIpc) is 3.56. The molecule has 5 rings (SSSR count). The number of ketones is 1. The van der Waals surface area contributed by atoms with Crippen molar-refractivity contribution in [2.75, 3.05) is 0 Å². The Morgan fingerprint density at radius 3 is 2.58 bits per heavy atom. The van der Waals surface area contributed by atoms with Crippen LogP contribution in [0, 0.1) is 6.92 Å². The minimum atomic E-state index is -0.722. The first-order chi connectivity index (χ1) is 15.1. The Labute approximate surface area is 183 Å². The Morgan fingerprint density at radius 1 is 1.16 bits per heavy atom. The van der Waals surface area contributed by atoms with E-state index in [1.807, 2.05) is 30.3 Å². The Kier molecular flexibility index (Phi) is 4.98. The molecule has 1 aliphatic heterocycles. The van der Waals surface area contributed by atoms with E-state index in [1.165, 1.54) is 17.6 Å². The van der Waals surface area contributed by atoms with Crippen LogP contribution in [0.3, 0.4) is 0 Å². The molecule has 0 bridgehead atoms. The van der Waals surface area contributed by atoms with Gasteiger partial charge in [-0.2, -0.15) is 0 Å². The van der Waals surface area contributed by atoms with Gasteiger partial charge in [0.1, 0.15) is 16.8 Å². The fourth-order valence-electron chi connectivity index (χ4n) is 4.57. The maximum Gasteiger partial charge on any atom is 0.290 e. The predicted octanol–water partition coefficient (Wildman–Crippen LogP) is 5.23. The van der Waals surface area contributed by atoms with Crippen LogP contribution < -0.4 is 0 Å². The zero-order valence-corrected chi connectivity index (χ0v) is 17.9. The Morgan fingerprint density at radius 2 is 1.90 bits per heavy atom. The Hall–Kier alpha value is -3.19. The second-order valence-electron chi connectivity index (χ2n) is 7.96. The number of amides is 1. The summed E-state index contributed by atoms with van der Waals surface area (Å²) < 4.78 is 5.62. The highest BCUT2D eigenvalue weighted by Crippen LogP contribution is 2.44. The average molecular weight is 435 g/mol. The van der Waals surface area contributed by atoms with Crippen molar-refractivity contribution >= 4 is 23.0 Å². The topological polar surface area (TPSA) is 83.6 Å². The van der Waals surface area contributed by atoms with Gasteiger partial charge in [-0.3, -0.25) is 9.59 Å². The molecule has 7 heteroatoms. The summed E-state index contributed by atoms with van der Waals surface area (Å²) in [4.78, 5) is 33.4. The third-order valence-electron chi connectivity index (χ3n) is 6.04. The predicted molar refractivity (Wildman–Crippen MR) is 117 cm³/mol. The van der Waals surface area contributed by atoms with Crippen LogP contribution in [0.5, 0.6) is 0 Å². The summed E-state index contributed by atoms with van der Waals surface area (Å²) in [5, 5.41) is 11.5. The molecule has 2 aromatic heterocycles. The third-order valence-corrected chi connectivity index (χ3v) is 7.25. The lowest BCUT2D eigenvalue weighted by molar-refractivity contribution is -0.132. The molecule has 1 atom stereocenters. The van der Waals surface area contributed by atoms with E-state index in [-0.39, 0.29) is 17.4 Å². The summed E-state index contributed by atoms with van der Waals surface area (Å²) in [6.07, 6.45) is 5.29. The van der Waals surface area contributed by atoms with Crippen LogP contribution in [0.4, 0.5) is 0 Å². The van der Waals surface area contributed by atoms with Crippen LogP contribution in [0.1, 0.15) is 52.9 Å². The van der Waals surface area contributed by atoms with Crippen molar-refractivity contribution in [2.45, 2.75) is 44.7 Å². The zero-order valence-electron chi connectivity index (χ0n) is 17.1. The van der Waals surface area contributed by atoms with E-state index < -0.39 is 17.7 Å². The summed E-state index contributed by atoms with van der Waals surface area (Å²) in [6.45, 7) is 1.78. The summed E-state index contributed by atoms with van der Waals surface area (Å²) in [5.41, 5.74) is 1.59. The monoisotopic (exact) mass is 434 g/mol. The molecule has 3 heterocycles. The van der Waals surface area contributed by atoms with Crippen molar-refractivity contribution in [3.63, 3.8) is 0 Å². The molecule has 3 aromatic rings. The Balaban J connectivity index is 1.57. The van der Waals surface area contributed by atoms with Gasteiger partial charge in [0.05, 0.1) is 22.4 Å². The van der Waals surface area contributed by atoms with Crippen LogP contribution in [0.15, 0.2) is 64.5 Å². The van der Waals surface area contributed by atoms with Gasteiger partial charge in [0, 0.05) is 11.6 Å². The molecule has 31 heavy (non-hydrogen) atoms. The Bertz CT molecular complexity index is 1160. The highest BCUT2D eigenvalue weighted by atomic mass is 32.1. The molecule has 1 aliphatic carbocycles. The minimum Gasteiger partial charge on any atom is -0.503 e. The van der Waals surface area contributed by atoms with E-state index in [2.05, 4.69) is 4.98 Å². The SMILES string of the molecule is Cc1nc(-c2ccccc2)sc1C(=O)C1=C(O)C(=O)N(C2CCCC2)C1c1ccco1. The third kappa shape index (κ3) is 3.29. The largest absolute Gasteiger partial charge is 0.503 e. The quantitative estimate of drug-likeness (QED) is 0.556. The molecule has 0 saturated heterocycles. The van der Waals surface area contributed by atoms with Gasteiger partial charge in [-0.25, -0.2) is 4.98 Å². The van der Waals surface area contributed by atoms with E-state index in [1.54, 1.807) is 24.0 Å². The van der Waals surface area contributed by atoms with Crippen LogP contribution >= 0.6 is 11.3 Å². The fourth-order valence-corrected chi connectivity index (χ4v) is 5.60. The maximum atomic E-state index is 13.7. The second kappa shape index (κ2) is 7.81. The standard InChI is InChI=1S/C24H22N2O4S/c1-14-22(31-23(25-14)15-8-3-2-4-9-15)20(27)18-19(17-12-7-13-30-17)26(24(29)21(18)28)16-10-5-6-11-16/h2-4,7-9,12-13,16,19,28H,5-6,10-11H2,1H3. The van der Waals surface area contributed by atoms with Crippen LogP contribution in [-0.2, 0) is 4.79 Å². The zero-order chi connectivity index (χ0) is 21.5. The number of hydrogen-bond acceptors (Lipinski definition) is 6. The second-order valence-corrected chi connectivity index (χ2v) is 8.96. The number of aryl methyl sites for hydroxylation is 1. The molecule has 1 unspecified atom stereocenters. The van der Waals surface area contributed by atoms with Gasteiger partial charge < -0.3 is 14.4 Å². The molecule has 6 nitrogen and oxygen atoms in total. The number of thiazole rings is 1. The molecule has 1 saturated carbocycles. The van der Waals surface area contributed by atoms with Gasteiger partial charge in [-0.1, -0.05) is 43.2 Å².